The van der Waals surface area contributed by atoms with Gasteiger partial charge in [-0.3, -0.25) is 4.79 Å². The molecule has 5 heteroatoms. The van der Waals surface area contributed by atoms with Gasteiger partial charge in [0.05, 0.1) is 12.4 Å². The fourth-order valence-electron chi connectivity index (χ4n) is 2.63. The number of hydrogen-bond acceptors (Lipinski definition) is 4. The van der Waals surface area contributed by atoms with Crippen molar-refractivity contribution in [3.8, 4) is 0 Å². The van der Waals surface area contributed by atoms with Crippen LogP contribution >= 0.6 is 0 Å². The molecule has 1 amide bonds. The van der Waals surface area contributed by atoms with E-state index in [1.807, 2.05) is 54.6 Å². The van der Waals surface area contributed by atoms with Crippen molar-refractivity contribution < 1.29 is 4.79 Å². The summed E-state index contributed by atoms with van der Waals surface area (Å²) in [5.41, 5.74) is 3.34. The summed E-state index contributed by atoms with van der Waals surface area (Å²) in [6.45, 7) is 4.85. The molecule has 3 aromatic rings. The number of nitrogens with one attached hydrogen (secondary N) is 2. The molecule has 26 heavy (non-hydrogen) atoms. The molecule has 5 nitrogen and oxygen atoms in total. The average molecular weight is 346 g/mol. The smallest absolute Gasteiger partial charge is 0.275 e. The Morgan fingerprint density at radius 2 is 1.69 bits per heavy atom. The second kappa shape index (κ2) is 8.25. The first-order chi connectivity index (χ1) is 12.6. The van der Waals surface area contributed by atoms with E-state index in [0.29, 0.717) is 18.3 Å². The number of carbonyl (C=O) groups is 1. The number of benzene rings is 2. The fraction of sp³-hybridized carbons (Fsp3) is 0.190. The van der Waals surface area contributed by atoms with Gasteiger partial charge in [-0.25, -0.2) is 9.97 Å². The zero-order valence-corrected chi connectivity index (χ0v) is 14.9. The number of rotatable bonds is 6. The highest BCUT2D eigenvalue weighted by Gasteiger charge is 2.12. The summed E-state index contributed by atoms with van der Waals surface area (Å²) < 4.78 is 0. The number of nitrogens with zero attached hydrogens (tertiary/aromatic N) is 2. The van der Waals surface area contributed by atoms with Gasteiger partial charge in [-0.05, 0) is 23.1 Å². The highest BCUT2D eigenvalue weighted by molar-refractivity contribution is 6.03. The third-order valence-corrected chi connectivity index (χ3v) is 4.03. The monoisotopic (exact) mass is 346 g/mol. The van der Waals surface area contributed by atoms with Crippen molar-refractivity contribution in [3.63, 3.8) is 0 Å². The number of aromatic nitrogens is 2. The quantitative estimate of drug-likeness (QED) is 0.691. The van der Waals surface area contributed by atoms with Crippen LogP contribution in [0.25, 0.3) is 0 Å². The van der Waals surface area contributed by atoms with Crippen molar-refractivity contribution >= 4 is 17.4 Å². The topological polar surface area (TPSA) is 66.9 Å². The van der Waals surface area contributed by atoms with Crippen molar-refractivity contribution in [3.05, 3.63) is 83.8 Å². The van der Waals surface area contributed by atoms with E-state index < -0.39 is 0 Å². The first-order valence-electron chi connectivity index (χ1n) is 8.63. The van der Waals surface area contributed by atoms with Crippen LogP contribution in [0.1, 0.15) is 41.4 Å². The molecule has 2 N–H and O–H groups in total. The van der Waals surface area contributed by atoms with E-state index in [1.54, 1.807) is 6.20 Å². The number of amides is 1. The number of anilines is 2. The molecule has 0 bridgehead atoms. The van der Waals surface area contributed by atoms with Crippen LogP contribution in [-0.4, -0.2) is 15.9 Å². The molecular weight excluding hydrogens is 324 g/mol. The Morgan fingerprint density at radius 1 is 0.962 bits per heavy atom. The third-order valence-electron chi connectivity index (χ3n) is 4.03. The number of carbonyl (C=O) groups excluding carboxylic acids is 1. The number of hydrogen-bond donors (Lipinski definition) is 2. The molecule has 132 valence electrons. The van der Waals surface area contributed by atoms with Crippen LogP contribution in [0.3, 0.4) is 0 Å². The van der Waals surface area contributed by atoms with Gasteiger partial charge in [0, 0.05) is 12.2 Å². The minimum atomic E-state index is -0.264. The molecule has 2 aromatic carbocycles. The Labute approximate surface area is 153 Å². The van der Waals surface area contributed by atoms with Gasteiger partial charge in [-0.2, -0.15) is 0 Å². The van der Waals surface area contributed by atoms with Crippen molar-refractivity contribution in [2.45, 2.75) is 26.3 Å². The van der Waals surface area contributed by atoms with Crippen LogP contribution in [0.4, 0.5) is 11.5 Å². The molecule has 0 radical (unpaired) electrons. The first-order valence-corrected chi connectivity index (χ1v) is 8.63. The van der Waals surface area contributed by atoms with Crippen molar-refractivity contribution in [2.24, 2.45) is 0 Å². The van der Waals surface area contributed by atoms with Crippen molar-refractivity contribution in [2.75, 3.05) is 10.6 Å². The van der Waals surface area contributed by atoms with Gasteiger partial charge in [-0.1, -0.05) is 62.4 Å². The normalized spacial score (nSPS) is 10.6. The molecule has 0 aliphatic rings. The second-order valence-corrected chi connectivity index (χ2v) is 6.32. The van der Waals surface area contributed by atoms with E-state index in [1.165, 1.54) is 6.20 Å². The first kappa shape index (κ1) is 17.6. The number of para-hydroxylation sites is 1. The summed E-state index contributed by atoms with van der Waals surface area (Å²) in [4.78, 5) is 20.9. The average Bonchev–Trinajstić information content (AvgIpc) is 2.68. The van der Waals surface area contributed by atoms with Crippen LogP contribution in [0.15, 0.2) is 67.0 Å². The maximum Gasteiger partial charge on any atom is 0.275 e. The van der Waals surface area contributed by atoms with E-state index in [9.17, 15) is 4.79 Å². The molecule has 1 aromatic heterocycles. The summed E-state index contributed by atoms with van der Waals surface area (Å²) in [7, 11) is 0. The van der Waals surface area contributed by atoms with Crippen molar-refractivity contribution in [1.82, 2.24) is 9.97 Å². The molecule has 0 unspecified atom stereocenters. The molecular formula is C21H22N4O. The minimum absolute atomic E-state index is 0.264. The molecule has 0 aliphatic heterocycles. The lowest BCUT2D eigenvalue weighted by molar-refractivity contribution is 0.102. The lowest BCUT2D eigenvalue weighted by atomic mass is 10.0. The Balaban J connectivity index is 1.64. The van der Waals surface area contributed by atoms with Crippen LogP contribution < -0.4 is 10.6 Å². The van der Waals surface area contributed by atoms with Crippen LogP contribution in [0, 0.1) is 0 Å². The van der Waals surface area contributed by atoms with E-state index in [0.717, 1.165) is 16.8 Å². The molecule has 0 fully saturated rings. The van der Waals surface area contributed by atoms with Gasteiger partial charge < -0.3 is 10.6 Å². The lowest BCUT2D eigenvalue weighted by Crippen LogP contribution is -2.16. The Morgan fingerprint density at radius 3 is 2.38 bits per heavy atom. The van der Waals surface area contributed by atoms with E-state index >= 15 is 0 Å². The van der Waals surface area contributed by atoms with Gasteiger partial charge in [0.15, 0.2) is 0 Å². The molecule has 0 aliphatic carbocycles. The van der Waals surface area contributed by atoms with Gasteiger partial charge in [0.1, 0.15) is 11.5 Å². The third kappa shape index (κ3) is 4.45. The van der Waals surface area contributed by atoms with E-state index in [2.05, 4.69) is 34.4 Å². The molecule has 1 heterocycles. The molecule has 0 saturated heterocycles. The van der Waals surface area contributed by atoms with Gasteiger partial charge >= 0.3 is 0 Å². The Kier molecular flexibility index (Phi) is 5.59. The maximum absolute atomic E-state index is 12.4. The second-order valence-electron chi connectivity index (χ2n) is 6.32. The van der Waals surface area contributed by atoms with Gasteiger partial charge in [-0.15, -0.1) is 0 Å². The van der Waals surface area contributed by atoms with Gasteiger partial charge in [0.2, 0.25) is 0 Å². The van der Waals surface area contributed by atoms with Crippen molar-refractivity contribution in [1.29, 1.82) is 0 Å². The summed E-state index contributed by atoms with van der Waals surface area (Å²) in [5.74, 6) is 0.690. The maximum atomic E-state index is 12.4. The Bertz CT molecular complexity index is 861. The highest BCUT2D eigenvalue weighted by Crippen LogP contribution is 2.24. The minimum Gasteiger partial charge on any atom is -0.365 e. The molecule has 0 atom stereocenters. The van der Waals surface area contributed by atoms with Gasteiger partial charge in [0.25, 0.3) is 5.91 Å². The fourth-order valence-corrected chi connectivity index (χ4v) is 2.63. The lowest BCUT2D eigenvalue weighted by Gasteiger charge is -2.13. The van der Waals surface area contributed by atoms with Crippen LogP contribution in [0.2, 0.25) is 0 Å². The predicted octanol–water partition coefficient (Wildman–Crippen LogP) is 4.46. The molecule has 3 rings (SSSR count). The standard InChI is InChI=1S/C21H22N4O/c1-15(2)17-10-6-7-11-18(17)25-21(26)19-13-24-20(14-22-19)23-12-16-8-4-3-5-9-16/h3-11,13-15H,12H2,1-2H3,(H,23,24)(H,25,26). The molecule has 0 saturated carbocycles. The van der Waals surface area contributed by atoms with Crippen LogP contribution in [0.5, 0.6) is 0 Å². The predicted molar refractivity (Wildman–Crippen MR) is 104 cm³/mol. The Hall–Kier alpha value is -3.21. The van der Waals surface area contributed by atoms with E-state index in [-0.39, 0.29) is 11.6 Å². The highest BCUT2D eigenvalue weighted by atomic mass is 16.1. The zero-order chi connectivity index (χ0) is 18.4. The largest absolute Gasteiger partial charge is 0.365 e. The summed E-state index contributed by atoms with van der Waals surface area (Å²) >= 11 is 0. The summed E-state index contributed by atoms with van der Waals surface area (Å²) in [6.07, 6.45) is 3.06. The summed E-state index contributed by atoms with van der Waals surface area (Å²) in [5, 5.41) is 6.12. The summed E-state index contributed by atoms with van der Waals surface area (Å²) in [6, 6.07) is 17.8. The van der Waals surface area contributed by atoms with Crippen LogP contribution in [-0.2, 0) is 6.54 Å². The van der Waals surface area contributed by atoms with E-state index in [4.69, 9.17) is 0 Å². The molecule has 0 spiro atoms. The zero-order valence-electron chi connectivity index (χ0n) is 14.9. The SMILES string of the molecule is CC(C)c1ccccc1NC(=O)c1cnc(NCc2ccccc2)cn1.